The maximum absolute atomic E-state index is 12.2. The van der Waals surface area contributed by atoms with Crippen molar-refractivity contribution in [2.24, 2.45) is 11.7 Å². The van der Waals surface area contributed by atoms with Gasteiger partial charge >= 0.3 is 0 Å². The molecule has 0 radical (unpaired) electrons. The third-order valence-electron chi connectivity index (χ3n) is 4.13. The van der Waals surface area contributed by atoms with E-state index in [0.717, 1.165) is 36.4 Å². The van der Waals surface area contributed by atoms with Crippen molar-refractivity contribution < 1.29 is 0 Å². The minimum Gasteiger partial charge on any atom is -0.327 e. The van der Waals surface area contributed by atoms with E-state index in [1.54, 1.807) is 0 Å². The van der Waals surface area contributed by atoms with E-state index in [4.69, 9.17) is 5.73 Å². The fourth-order valence-electron chi connectivity index (χ4n) is 3.28. The molecule has 1 saturated heterocycles. The summed E-state index contributed by atoms with van der Waals surface area (Å²) < 4.78 is 0. The lowest BCUT2D eigenvalue weighted by Crippen LogP contribution is -2.46. The van der Waals surface area contributed by atoms with Crippen LogP contribution in [0.5, 0.6) is 0 Å². The number of nitrogens with zero attached hydrogens (tertiary/aromatic N) is 2. The Hall–Kier alpha value is -1.72. The van der Waals surface area contributed by atoms with Gasteiger partial charge in [0.2, 0.25) is 0 Å². The lowest BCUT2D eigenvalue weighted by atomic mass is 9.97. The Bertz CT molecular complexity index is 699. The fourth-order valence-corrected chi connectivity index (χ4v) is 3.28. The maximum Gasteiger partial charge on any atom is 0.258 e. The summed E-state index contributed by atoms with van der Waals surface area (Å²) in [5.41, 5.74) is 7.85. The first-order valence-electron chi connectivity index (χ1n) is 7.49. The van der Waals surface area contributed by atoms with Gasteiger partial charge in [0.1, 0.15) is 5.82 Å². The van der Waals surface area contributed by atoms with Crippen molar-refractivity contribution in [3.05, 3.63) is 39.9 Å². The molecule has 0 spiro atoms. The second kappa shape index (κ2) is 5.58. The molecule has 3 rings (SSSR count). The van der Waals surface area contributed by atoms with Crippen LogP contribution in [0, 0.1) is 12.8 Å². The molecule has 5 nitrogen and oxygen atoms in total. The van der Waals surface area contributed by atoms with Crippen molar-refractivity contribution in [3.8, 4) is 0 Å². The number of nitrogens with two attached hydrogens (primary N) is 1. The highest BCUT2D eigenvalue weighted by molar-refractivity contribution is 5.80. The number of para-hydroxylation sites is 1. The fraction of sp³-hybridized carbons (Fsp3) is 0.500. The second-order valence-corrected chi connectivity index (χ2v) is 6.28. The summed E-state index contributed by atoms with van der Waals surface area (Å²) >= 11 is 0. The Labute approximate surface area is 124 Å². The van der Waals surface area contributed by atoms with Gasteiger partial charge in [-0.05, 0) is 30.9 Å². The summed E-state index contributed by atoms with van der Waals surface area (Å²) in [6.45, 7) is 6.71. The van der Waals surface area contributed by atoms with Gasteiger partial charge in [0.05, 0.1) is 17.4 Å². The smallest absolute Gasteiger partial charge is 0.258 e. The molecule has 5 heteroatoms. The number of hydrogen-bond donors (Lipinski definition) is 2. The Morgan fingerprint density at radius 2 is 2.24 bits per heavy atom. The predicted molar refractivity (Wildman–Crippen MR) is 84.1 cm³/mol. The van der Waals surface area contributed by atoms with Gasteiger partial charge in [-0.3, -0.25) is 9.69 Å². The number of fused-ring (bicyclic) bond motifs is 1. The van der Waals surface area contributed by atoms with E-state index < -0.39 is 0 Å². The third-order valence-corrected chi connectivity index (χ3v) is 4.13. The van der Waals surface area contributed by atoms with Gasteiger partial charge in [-0.1, -0.05) is 19.1 Å². The molecule has 0 aliphatic carbocycles. The Morgan fingerprint density at radius 1 is 1.43 bits per heavy atom. The zero-order valence-corrected chi connectivity index (χ0v) is 12.6. The lowest BCUT2D eigenvalue weighted by Gasteiger charge is -2.34. The monoisotopic (exact) mass is 286 g/mol. The van der Waals surface area contributed by atoms with Gasteiger partial charge in [0.25, 0.3) is 5.56 Å². The van der Waals surface area contributed by atoms with Crippen LogP contribution in [0.4, 0.5) is 0 Å². The topological polar surface area (TPSA) is 75.0 Å². The Morgan fingerprint density at radius 3 is 3.00 bits per heavy atom. The van der Waals surface area contributed by atoms with Crippen molar-refractivity contribution in [2.75, 3.05) is 13.1 Å². The number of aromatic amines is 1. The number of benzene rings is 1. The van der Waals surface area contributed by atoms with Gasteiger partial charge in [-0.25, -0.2) is 4.98 Å². The summed E-state index contributed by atoms with van der Waals surface area (Å²) in [6.07, 6.45) is 1.07. The number of aryl methyl sites for hydroxylation is 1. The third kappa shape index (κ3) is 2.99. The second-order valence-electron chi connectivity index (χ2n) is 6.28. The molecule has 0 saturated carbocycles. The molecule has 112 valence electrons. The first kappa shape index (κ1) is 14.2. The average molecular weight is 286 g/mol. The number of rotatable bonds is 2. The van der Waals surface area contributed by atoms with E-state index in [1.165, 1.54) is 0 Å². The Balaban J connectivity index is 1.91. The molecule has 2 heterocycles. The zero-order chi connectivity index (χ0) is 15.0. The summed E-state index contributed by atoms with van der Waals surface area (Å²) in [7, 11) is 0. The van der Waals surface area contributed by atoms with Crippen LogP contribution in [0.3, 0.4) is 0 Å². The number of piperidine rings is 1. The molecule has 2 aromatic rings. The number of aromatic nitrogens is 2. The minimum atomic E-state index is -0.0620. The normalized spacial score (nSPS) is 23.6. The van der Waals surface area contributed by atoms with Crippen LogP contribution in [0.25, 0.3) is 10.9 Å². The van der Waals surface area contributed by atoms with Crippen LogP contribution in [-0.2, 0) is 6.54 Å². The highest BCUT2D eigenvalue weighted by Gasteiger charge is 2.22. The van der Waals surface area contributed by atoms with Gasteiger partial charge < -0.3 is 10.7 Å². The molecular formula is C16H22N4O. The minimum absolute atomic E-state index is 0.0620. The summed E-state index contributed by atoms with van der Waals surface area (Å²) in [5, 5.41) is 0.655. The predicted octanol–water partition coefficient (Wildman–Crippen LogP) is 1.40. The van der Waals surface area contributed by atoms with Crippen LogP contribution < -0.4 is 11.3 Å². The van der Waals surface area contributed by atoms with E-state index in [-0.39, 0.29) is 11.6 Å². The number of hydrogen-bond acceptors (Lipinski definition) is 4. The molecule has 0 amide bonds. The van der Waals surface area contributed by atoms with E-state index in [9.17, 15) is 4.79 Å². The molecule has 3 N–H and O–H groups in total. The average Bonchev–Trinajstić information content (AvgIpc) is 2.39. The first-order chi connectivity index (χ1) is 10.0. The number of nitrogens with one attached hydrogen (secondary N) is 1. The SMILES string of the molecule is Cc1cccc2c(=O)[nH]c(CN3CC(C)CC(N)C3)nc12. The zero-order valence-electron chi connectivity index (χ0n) is 12.6. The van der Waals surface area contributed by atoms with E-state index in [0.29, 0.717) is 17.8 Å². The van der Waals surface area contributed by atoms with E-state index in [1.807, 2.05) is 25.1 Å². The summed E-state index contributed by atoms with van der Waals surface area (Å²) in [5.74, 6) is 1.31. The summed E-state index contributed by atoms with van der Waals surface area (Å²) in [6, 6.07) is 5.90. The maximum atomic E-state index is 12.2. The van der Waals surface area contributed by atoms with Crippen molar-refractivity contribution in [2.45, 2.75) is 32.9 Å². The van der Waals surface area contributed by atoms with Crippen molar-refractivity contribution >= 4 is 10.9 Å². The van der Waals surface area contributed by atoms with Gasteiger partial charge in [-0.15, -0.1) is 0 Å². The van der Waals surface area contributed by atoms with Crippen LogP contribution in [0.15, 0.2) is 23.0 Å². The van der Waals surface area contributed by atoms with Crippen LogP contribution in [0.1, 0.15) is 24.7 Å². The quantitative estimate of drug-likeness (QED) is 0.875. The molecule has 21 heavy (non-hydrogen) atoms. The molecule has 1 fully saturated rings. The standard InChI is InChI=1S/C16H22N4O/c1-10-6-12(17)8-20(7-10)9-14-18-15-11(2)4-3-5-13(15)16(21)19-14/h3-5,10,12H,6-9,17H2,1-2H3,(H,18,19,21). The van der Waals surface area contributed by atoms with Crippen LogP contribution in [0.2, 0.25) is 0 Å². The first-order valence-corrected chi connectivity index (χ1v) is 7.49. The molecule has 1 aromatic heterocycles. The summed E-state index contributed by atoms with van der Waals surface area (Å²) in [4.78, 5) is 22.0. The number of likely N-dealkylation sites (tertiary alicyclic amines) is 1. The van der Waals surface area contributed by atoms with Gasteiger partial charge in [0, 0.05) is 19.1 Å². The van der Waals surface area contributed by atoms with Crippen molar-refractivity contribution in [1.29, 1.82) is 0 Å². The molecule has 1 aliphatic rings. The molecule has 2 unspecified atom stereocenters. The van der Waals surface area contributed by atoms with Gasteiger partial charge in [-0.2, -0.15) is 0 Å². The molecule has 1 aliphatic heterocycles. The molecule has 2 atom stereocenters. The Kier molecular flexibility index (Phi) is 3.78. The number of H-pyrrole nitrogens is 1. The molecular weight excluding hydrogens is 264 g/mol. The molecule has 1 aromatic carbocycles. The highest BCUT2D eigenvalue weighted by atomic mass is 16.1. The van der Waals surface area contributed by atoms with Crippen LogP contribution in [-0.4, -0.2) is 34.0 Å². The lowest BCUT2D eigenvalue weighted by molar-refractivity contribution is 0.155. The highest BCUT2D eigenvalue weighted by Crippen LogP contribution is 2.17. The van der Waals surface area contributed by atoms with E-state index in [2.05, 4.69) is 21.8 Å². The largest absolute Gasteiger partial charge is 0.327 e. The van der Waals surface area contributed by atoms with Crippen molar-refractivity contribution in [3.63, 3.8) is 0 Å². The van der Waals surface area contributed by atoms with Crippen LogP contribution >= 0.6 is 0 Å². The van der Waals surface area contributed by atoms with Crippen molar-refractivity contribution in [1.82, 2.24) is 14.9 Å². The van der Waals surface area contributed by atoms with E-state index >= 15 is 0 Å². The van der Waals surface area contributed by atoms with Gasteiger partial charge in [0.15, 0.2) is 0 Å². The molecule has 0 bridgehead atoms.